The Hall–Kier alpha value is -1.84. The molecule has 4 nitrogen and oxygen atoms in total. The second kappa shape index (κ2) is 6.55. The van der Waals surface area contributed by atoms with E-state index in [1.165, 1.54) is 0 Å². The molecule has 4 heteroatoms. The number of aryl methyl sites for hydroxylation is 1. The van der Waals surface area contributed by atoms with Gasteiger partial charge in [0.25, 0.3) is 0 Å². The summed E-state index contributed by atoms with van der Waals surface area (Å²) < 4.78 is 5.07. The molecule has 0 bridgehead atoms. The molecule has 0 spiro atoms. The van der Waals surface area contributed by atoms with Crippen LogP contribution in [-0.4, -0.2) is 32.0 Å². The van der Waals surface area contributed by atoms with Crippen molar-refractivity contribution in [2.75, 3.05) is 24.6 Å². The molecule has 1 saturated heterocycles. The Labute approximate surface area is 119 Å². The summed E-state index contributed by atoms with van der Waals surface area (Å²) in [5.41, 5.74) is 2.82. The number of esters is 1. The number of hydrogen-bond donors (Lipinski definition) is 0. The fourth-order valence-corrected chi connectivity index (χ4v) is 2.64. The fraction of sp³-hybridized carbons (Fsp3) is 0.500. The largest absolute Gasteiger partial charge is 0.466 e. The first-order valence-corrected chi connectivity index (χ1v) is 7.13. The van der Waals surface area contributed by atoms with Crippen LogP contribution in [0, 0.1) is 12.8 Å². The lowest BCUT2D eigenvalue weighted by Crippen LogP contribution is -2.37. The molecule has 1 aromatic rings. The zero-order valence-electron chi connectivity index (χ0n) is 12.1. The Balaban J connectivity index is 2.05. The SMILES string of the molecule is CCOC(=O)C1CCN(c2cc(C)ccc2C=O)CC1. The lowest BCUT2D eigenvalue weighted by Gasteiger charge is -2.33. The molecule has 108 valence electrons. The van der Waals surface area contributed by atoms with Crippen LogP contribution >= 0.6 is 0 Å². The van der Waals surface area contributed by atoms with Crippen LogP contribution in [0.2, 0.25) is 0 Å². The number of benzene rings is 1. The molecule has 2 rings (SSSR count). The van der Waals surface area contributed by atoms with E-state index in [4.69, 9.17) is 4.74 Å². The fourth-order valence-electron chi connectivity index (χ4n) is 2.64. The summed E-state index contributed by atoms with van der Waals surface area (Å²) in [4.78, 5) is 25.0. The van der Waals surface area contributed by atoms with Crippen LogP contribution in [0.15, 0.2) is 18.2 Å². The highest BCUT2D eigenvalue weighted by Crippen LogP contribution is 2.27. The van der Waals surface area contributed by atoms with Crippen molar-refractivity contribution in [3.63, 3.8) is 0 Å². The van der Waals surface area contributed by atoms with E-state index < -0.39 is 0 Å². The third kappa shape index (κ3) is 3.18. The number of rotatable bonds is 4. The van der Waals surface area contributed by atoms with Gasteiger partial charge in [-0.25, -0.2) is 0 Å². The summed E-state index contributed by atoms with van der Waals surface area (Å²) >= 11 is 0. The van der Waals surface area contributed by atoms with E-state index in [1.807, 2.05) is 32.0 Å². The third-order valence-electron chi connectivity index (χ3n) is 3.77. The van der Waals surface area contributed by atoms with Crippen LogP contribution in [0.25, 0.3) is 0 Å². The first-order chi connectivity index (χ1) is 9.65. The minimum Gasteiger partial charge on any atom is -0.466 e. The quantitative estimate of drug-likeness (QED) is 0.626. The smallest absolute Gasteiger partial charge is 0.309 e. The summed E-state index contributed by atoms with van der Waals surface area (Å²) in [6.07, 6.45) is 2.46. The van der Waals surface area contributed by atoms with Crippen LogP contribution in [0.3, 0.4) is 0 Å². The number of piperidine rings is 1. The van der Waals surface area contributed by atoms with Crippen molar-refractivity contribution in [3.8, 4) is 0 Å². The lowest BCUT2D eigenvalue weighted by molar-refractivity contribution is -0.148. The molecule has 0 saturated carbocycles. The van der Waals surface area contributed by atoms with Crippen LogP contribution in [-0.2, 0) is 9.53 Å². The summed E-state index contributed by atoms with van der Waals surface area (Å²) in [6, 6.07) is 5.84. The molecule has 0 radical (unpaired) electrons. The van der Waals surface area contributed by atoms with Crippen LogP contribution < -0.4 is 4.90 Å². The average Bonchev–Trinajstić information content (AvgIpc) is 2.47. The molecule has 1 aliphatic rings. The summed E-state index contributed by atoms with van der Waals surface area (Å²) in [5, 5.41) is 0. The van der Waals surface area contributed by atoms with Crippen molar-refractivity contribution >= 4 is 17.9 Å². The van der Waals surface area contributed by atoms with Gasteiger partial charge in [0.15, 0.2) is 6.29 Å². The molecule has 0 N–H and O–H groups in total. The van der Waals surface area contributed by atoms with E-state index in [2.05, 4.69) is 4.90 Å². The number of hydrogen-bond acceptors (Lipinski definition) is 4. The predicted octanol–water partition coefficient (Wildman–Crippen LogP) is 2.59. The minimum absolute atomic E-state index is 0.00399. The molecule has 1 aliphatic heterocycles. The van der Waals surface area contributed by atoms with Gasteiger partial charge in [-0.15, -0.1) is 0 Å². The molecule has 1 aromatic carbocycles. The summed E-state index contributed by atoms with van der Waals surface area (Å²) in [7, 11) is 0. The van der Waals surface area contributed by atoms with Gasteiger partial charge in [0.1, 0.15) is 0 Å². The topological polar surface area (TPSA) is 46.6 Å². The Kier molecular flexibility index (Phi) is 4.77. The molecule has 0 aliphatic carbocycles. The molecule has 20 heavy (non-hydrogen) atoms. The number of anilines is 1. The molecular weight excluding hydrogens is 254 g/mol. The molecule has 1 fully saturated rings. The van der Waals surface area contributed by atoms with Crippen molar-refractivity contribution in [2.45, 2.75) is 26.7 Å². The van der Waals surface area contributed by atoms with Gasteiger partial charge in [-0.3, -0.25) is 9.59 Å². The van der Waals surface area contributed by atoms with Gasteiger partial charge in [-0.1, -0.05) is 6.07 Å². The maximum absolute atomic E-state index is 11.7. The van der Waals surface area contributed by atoms with Crippen molar-refractivity contribution in [2.24, 2.45) is 5.92 Å². The second-order valence-corrected chi connectivity index (χ2v) is 5.19. The zero-order valence-corrected chi connectivity index (χ0v) is 12.1. The van der Waals surface area contributed by atoms with E-state index in [9.17, 15) is 9.59 Å². The Morgan fingerprint density at radius 3 is 2.70 bits per heavy atom. The van der Waals surface area contributed by atoms with Gasteiger partial charge < -0.3 is 9.64 Å². The molecule has 0 unspecified atom stereocenters. The van der Waals surface area contributed by atoms with E-state index in [-0.39, 0.29) is 11.9 Å². The summed E-state index contributed by atoms with van der Waals surface area (Å²) in [5.74, 6) is -0.0947. The number of aldehydes is 1. The van der Waals surface area contributed by atoms with E-state index in [0.717, 1.165) is 43.5 Å². The second-order valence-electron chi connectivity index (χ2n) is 5.19. The van der Waals surface area contributed by atoms with Gasteiger partial charge in [0.05, 0.1) is 12.5 Å². The number of ether oxygens (including phenoxy) is 1. The molecule has 0 atom stereocenters. The number of carbonyl (C=O) groups excluding carboxylic acids is 2. The van der Waals surface area contributed by atoms with E-state index in [1.54, 1.807) is 0 Å². The molecule has 0 aromatic heterocycles. The maximum atomic E-state index is 11.7. The van der Waals surface area contributed by atoms with E-state index in [0.29, 0.717) is 12.2 Å². The first kappa shape index (κ1) is 14.6. The van der Waals surface area contributed by atoms with E-state index >= 15 is 0 Å². The summed E-state index contributed by atoms with van der Waals surface area (Å²) in [6.45, 7) is 5.85. The predicted molar refractivity (Wildman–Crippen MR) is 78.1 cm³/mol. The van der Waals surface area contributed by atoms with Gasteiger partial charge in [-0.2, -0.15) is 0 Å². The zero-order chi connectivity index (χ0) is 14.5. The third-order valence-corrected chi connectivity index (χ3v) is 3.77. The minimum atomic E-state index is -0.0907. The highest BCUT2D eigenvalue weighted by molar-refractivity contribution is 5.85. The first-order valence-electron chi connectivity index (χ1n) is 7.13. The van der Waals surface area contributed by atoms with Crippen molar-refractivity contribution in [1.82, 2.24) is 0 Å². The van der Waals surface area contributed by atoms with Crippen LogP contribution in [0.5, 0.6) is 0 Å². The number of carbonyl (C=O) groups is 2. The van der Waals surface area contributed by atoms with Crippen LogP contribution in [0.1, 0.15) is 35.7 Å². The Morgan fingerprint density at radius 2 is 2.10 bits per heavy atom. The molecular formula is C16H21NO3. The highest BCUT2D eigenvalue weighted by Gasteiger charge is 2.26. The van der Waals surface area contributed by atoms with Crippen molar-refractivity contribution < 1.29 is 14.3 Å². The maximum Gasteiger partial charge on any atom is 0.309 e. The number of nitrogens with zero attached hydrogens (tertiary/aromatic N) is 1. The highest BCUT2D eigenvalue weighted by atomic mass is 16.5. The Bertz CT molecular complexity index is 490. The standard InChI is InChI=1S/C16H21NO3/c1-3-20-16(19)13-6-8-17(9-7-13)15-10-12(2)4-5-14(15)11-18/h4-5,10-11,13H,3,6-9H2,1-2H3. The van der Waals surface area contributed by atoms with Gasteiger partial charge in [-0.05, 0) is 44.4 Å². The average molecular weight is 275 g/mol. The lowest BCUT2D eigenvalue weighted by atomic mass is 9.96. The van der Waals surface area contributed by atoms with Crippen LogP contribution in [0.4, 0.5) is 5.69 Å². The molecule has 0 amide bonds. The Morgan fingerprint density at radius 1 is 1.40 bits per heavy atom. The van der Waals surface area contributed by atoms with Gasteiger partial charge in [0.2, 0.25) is 0 Å². The van der Waals surface area contributed by atoms with Crippen molar-refractivity contribution in [3.05, 3.63) is 29.3 Å². The monoisotopic (exact) mass is 275 g/mol. The van der Waals surface area contributed by atoms with Gasteiger partial charge >= 0.3 is 5.97 Å². The van der Waals surface area contributed by atoms with Gasteiger partial charge in [0, 0.05) is 24.3 Å². The van der Waals surface area contributed by atoms with Crippen molar-refractivity contribution in [1.29, 1.82) is 0 Å². The normalized spacial score (nSPS) is 16.0. The molecule has 1 heterocycles.